The smallest absolute Gasteiger partial charge is 0.0735 e. The van der Waals surface area contributed by atoms with Gasteiger partial charge in [-0.3, -0.25) is 0 Å². The summed E-state index contributed by atoms with van der Waals surface area (Å²) in [5, 5.41) is 7.51. The van der Waals surface area contributed by atoms with E-state index in [1.54, 1.807) is 0 Å². The molecule has 1 aliphatic carbocycles. The minimum absolute atomic E-state index is 0.497. The maximum Gasteiger partial charge on any atom is 0.0735 e. The molecule has 2 heteroatoms. The van der Waals surface area contributed by atoms with Crippen LogP contribution in [0.4, 0.5) is 17.1 Å². The Labute approximate surface area is 336 Å². The first kappa shape index (κ1) is 32.4. The van der Waals surface area contributed by atoms with E-state index in [2.05, 4.69) is 217 Å². The molecule has 12 rings (SSSR count). The predicted octanol–water partition coefficient (Wildman–Crippen LogP) is 15.1. The van der Waals surface area contributed by atoms with Crippen molar-refractivity contribution in [3.05, 3.63) is 235 Å². The molecule has 1 unspecified atom stereocenters. The van der Waals surface area contributed by atoms with E-state index in [0.717, 1.165) is 17.1 Å². The Morgan fingerprint density at radius 1 is 0.368 bits per heavy atom. The van der Waals surface area contributed by atoms with Gasteiger partial charge in [0, 0.05) is 26.4 Å². The van der Waals surface area contributed by atoms with Crippen LogP contribution in [0, 0.1) is 0 Å². The summed E-state index contributed by atoms with van der Waals surface area (Å²) in [5.41, 5.74) is 13.3. The van der Waals surface area contributed by atoms with Crippen molar-refractivity contribution in [2.24, 2.45) is 0 Å². The minimum atomic E-state index is -0.497. The Hall–Kier alpha value is -6.87. The van der Waals surface area contributed by atoms with Crippen molar-refractivity contribution in [3.63, 3.8) is 0 Å². The van der Waals surface area contributed by atoms with Gasteiger partial charge in [-0.05, 0) is 96.2 Å². The number of nitrogens with zero attached hydrogens (tertiary/aromatic N) is 1. The second-order valence-electron chi connectivity index (χ2n) is 15.2. The number of rotatable bonds is 4. The van der Waals surface area contributed by atoms with Crippen LogP contribution in [0.25, 0.3) is 54.6 Å². The molecule has 57 heavy (non-hydrogen) atoms. The molecule has 0 fully saturated rings. The summed E-state index contributed by atoms with van der Waals surface area (Å²) in [6, 6.07) is 79.0. The highest BCUT2D eigenvalue weighted by molar-refractivity contribution is 7.99. The average molecular weight is 742 g/mol. The zero-order valence-corrected chi connectivity index (χ0v) is 31.9. The first-order chi connectivity index (χ1) is 28.3. The summed E-state index contributed by atoms with van der Waals surface area (Å²) in [4.78, 5) is 5.07. The second-order valence-corrected chi connectivity index (χ2v) is 16.2. The van der Waals surface area contributed by atoms with Gasteiger partial charge in [-0.15, -0.1) is 0 Å². The standard InChI is InChI=1S/C55H35NS/c1-2-17-39(18-3-1)54-42-23-7-5-16-37(42)31-34-50(54)56(49-29-14-19-36-15-4-6-22-41(36)49)40-32-33-47-52(35-40)57-51-30-11-10-27-46(51)55(47)45-26-9-8-24-43(45)44-25-12-20-38-21-13-28-48(55)53(38)44/h1-35H. The van der Waals surface area contributed by atoms with Crippen LogP contribution in [-0.4, -0.2) is 0 Å². The Kier molecular flexibility index (Phi) is 7.14. The van der Waals surface area contributed by atoms with Crippen molar-refractivity contribution < 1.29 is 0 Å². The Morgan fingerprint density at radius 2 is 0.982 bits per heavy atom. The number of hydrogen-bond donors (Lipinski definition) is 0. The van der Waals surface area contributed by atoms with E-state index in [1.165, 1.54) is 86.6 Å². The van der Waals surface area contributed by atoms with Crippen LogP contribution in [-0.2, 0) is 5.41 Å². The van der Waals surface area contributed by atoms with Crippen molar-refractivity contribution in [1.29, 1.82) is 0 Å². The summed E-state index contributed by atoms with van der Waals surface area (Å²) in [5.74, 6) is 0. The van der Waals surface area contributed by atoms with Crippen molar-refractivity contribution in [3.8, 4) is 22.3 Å². The van der Waals surface area contributed by atoms with Gasteiger partial charge in [0.25, 0.3) is 0 Å². The molecular formula is C55H35NS. The summed E-state index contributed by atoms with van der Waals surface area (Å²) in [6.07, 6.45) is 0. The SMILES string of the molecule is c1ccc(-c2c(N(c3ccc4c(c3)Sc3ccccc3C43c4ccccc4-c4cccc5cccc3c45)c3cccc4ccccc34)ccc3ccccc23)cc1. The van der Waals surface area contributed by atoms with E-state index >= 15 is 0 Å². The second kappa shape index (κ2) is 12.6. The first-order valence-corrected chi connectivity index (χ1v) is 20.5. The normalized spacial score (nSPS) is 15.0. The quantitative estimate of drug-likeness (QED) is 0.177. The fourth-order valence-electron chi connectivity index (χ4n) is 9.99. The zero-order chi connectivity index (χ0) is 37.5. The molecule has 0 bridgehead atoms. The summed E-state index contributed by atoms with van der Waals surface area (Å²) in [6.45, 7) is 0. The summed E-state index contributed by atoms with van der Waals surface area (Å²) in [7, 11) is 0. The summed E-state index contributed by atoms with van der Waals surface area (Å²) >= 11 is 1.90. The van der Waals surface area contributed by atoms with Crippen LogP contribution >= 0.6 is 11.8 Å². The highest BCUT2D eigenvalue weighted by atomic mass is 32.2. The molecule has 0 radical (unpaired) electrons. The van der Waals surface area contributed by atoms with Crippen LogP contribution in [0.3, 0.4) is 0 Å². The molecule has 0 aromatic heterocycles. The van der Waals surface area contributed by atoms with E-state index in [-0.39, 0.29) is 0 Å². The number of anilines is 3. The number of benzene rings is 10. The van der Waals surface area contributed by atoms with Gasteiger partial charge in [0.1, 0.15) is 0 Å². The molecule has 2 aliphatic rings. The molecule has 10 aromatic rings. The van der Waals surface area contributed by atoms with Gasteiger partial charge < -0.3 is 4.90 Å². The van der Waals surface area contributed by atoms with Crippen molar-refractivity contribution in [2.45, 2.75) is 15.2 Å². The highest BCUT2D eigenvalue weighted by Crippen LogP contribution is 2.62. The maximum atomic E-state index is 2.51. The van der Waals surface area contributed by atoms with Crippen LogP contribution < -0.4 is 4.90 Å². The van der Waals surface area contributed by atoms with E-state index in [0.29, 0.717) is 0 Å². The predicted molar refractivity (Wildman–Crippen MR) is 241 cm³/mol. The molecular weight excluding hydrogens is 707 g/mol. The van der Waals surface area contributed by atoms with Crippen molar-refractivity contribution in [2.75, 3.05) is 4.90 Å². The van der Waals surface area contributed by atoms with Crippen LogP contribution in [0.5, 0.6) is 0 Å². The fourth-order valence-corrected chi connectivity index (χ4v) is 11.2. The lowest BCUT2D eigenvalue weighted by molar-refractivity contribution is 0.707. The Morgan fingerprint density at radius 3 is 1.86 bits per heavy atom. The van der Waals surface area contributed by atoms with Crippen molar-refractivity contribution >= 4 is 61.1 Å². The topological polar surface area (TPSA) is 3.24 Å². The van der Waals surface area contributed by atoms with E-state index in [1.807, 2.05) is 11.8 Å². The fraction of sp³-hybridized carbons (Fsp3) is 0.0182. The molecule has 1 nitrogen and oxygen atoms in total. The Bertz CT molecular complexity index is 3230. The van der Waals surface area contributed by atoms with Gasteiger partial charge in [0.15, 0.2) is 0 Å². The lowest BCUT2D eigenvalue weighted by Gasteiger charge is -2.46. The largest absolute Gasteiger partial charge is 0.309 e. The van der Waals surface area contributed by atoms with Crippen LogP contribution in [0.15, 0.2) is 222 Å². The van der Waals surface area contributed by atoms with Gasteiger partial charge in [-0.1, -0.05) is 194 Å². The van der Waals surface area contributed by atoms with Crippen LogP contribution in [0.2, 0.25) is 0 Å². The first-order valence-electron chi connectivity index (χ1n) is 19.7. The molecule has 1 aliphatic heterocycles. The van der Waals surface area contributed by atoms with Gasteiger partial charge in [-0.25, -0.2) is 0 Å². The van der Waals surface area contributed by atoms with Gasteiger partial charge in [0.2, 0.25) is 0 Å². The molecule has 266 valence electrons. The lowest BCUT2D eigenvalue weighted by Crippen LogP contribution is -2.36. The van der Waals surface area contributed by atoms with Gasteiger partial charge in [0.05, 0.1) is 16.8 Å². The van der Waals surface area contributed by atoms with Crippen LogP contribution in [0.1, 0.15) is 22.3 Å². The third kappa shape index (κ3) is 4.65. The molecule has 0 saturated carbocycles. The number of hydrogen-bond acceptors (Lipinski definition) is 2. The summed E-state index contributed by atoms with van der Waals surface area (Å²) < 4.78 is 0. The minimum Gasteiger partial charge on any atom is -0.309 e. The molecule has 10 aromatic carbocycles. The third-order valence-electron chi connectivity index (χ3n) is 12.3. The Balaban J connectivity index is 1.18. The molecule has 0 N–H and O–H groups in total. The number of fused-ring (bicyclic) bond motifs is 10. The molecule has 0 saturated heterocycles. The van der Waals surface area contributed by atoms with E-state index in [4.69, 9.17) is 0 Å². The molecule has 1 heterocycles. The highest BCUT2D eigenvalue weighted by Gasteiger charge is 2.48. The maximum absolute atomic E-state index is 2.51. The van der Waals surface area contributed by atoms with E-state index < -0.39 is 5.41 Å². The monoisotopic (exact) mass is 741 g/mol. The van der Waals surface area contributed by atoms with E-state index in [9.17, 15) is 0 Å². The van der Waals surface area contributed by atoms with Crippen molar-refractivity contribution in [1.82, 2.24) is 0 Å². The average Bonchev–Trinajstić information content (AvgIpc) is 3.28. The molecule has 1 spiro atoms. The lowest BCUT2D eigenvalue weighted by atomic mass is 9.59. The van der Waals surface area contributed by atoms with Gasteiger partial charge in [-0.2, -0.15) is 0 Å². The third-order valence-corrected chi connectivity index (χ3v) is 13.4. The van der Waals surface area contributed by atoms with Gasteiger partial charge >= 0.3 is 0 Å². The zero-order valence-electron chi connectivity index (χ0n) is 31.1. The molecule has 1 atom stereocenters. The molecule has 0 amide bonds.